The summed E-state index contributed by atoms with van der Waals surface area (Å²) < 4.78 is 27.5. The van der Waals surface area contributed by atoms with Crippen LogP contribution in [0.4, 0.5) is 8.78 Å². The smallest absolute Gasteiger partial charge is 0.126 e. The Morgan fingerprint density at radius 1 is 0.522 bits per heavy atom. The van der Waals surface area contributed by atoms with Crippen LogP contribution in [0.5, 0.6) is 0 Å². The van der Waals surface area contributed by atoms with Crippen LogP contribution in [0, 0.1) is 32.4 Å². The number of hydrogen-bond donors (Lipinski definition) is 0. The van der Waals surface area contributed by atoms with Gasteiger partial charge < -0.3 is 0 Å². The Kier molecular flexibility index (Phi) is 3.99. The van der Waals surface area contributed by atoms with Crippen LogP contribution in [0.25, 0.3) is 22.3 Å². The standard InChI is InChI=1S/C21H18F2/c1-13-4-6-17(11-20(13)22)16-8-9-19(15(3)10-16)18-7-5-14(2)21(23)12-18/h4-12H,1-3H3. The van der Waals surface area contributed by atoms with E-state index in [1.807, 2.05) is 37.3 Å². The van der Waals surface area contributed by atoms with E-state index >= 15 is 0 Å². The number of halogens is 2. The highest BCUT2D eigenvalue weighted by atomic mass is 19.1. The van der Waals surface area contributed by atoms with Gasteiger partial charge in [0.2, 0.25) is 0 Å². The zero-order valence-electron chi connectivity index (χ0n) is 13.5. The second-order valence-corrected chi connectivity index (χ2v) is 5.96. The molecule has 0 heterocycles. The molecular formula is C21H18F2. The van der Waals surface area contributed by atoms with E-state index in [1.54, 1.807) is 38.1 Å². The van der Waals surface area contributed by atoms with Crippen LogP contribution in [0.3, 0.4) is 0 Å². The van der Waals surface area contributed by atoms with E-state index in [4.69, 9.17) is 0 Å². The lowest BCUT2D eigenvalue weighted by Gasteiger charge is -2.11. The van der Waals surface area contributed by atoms with Crippen LogP contribution in [-0.4, -0.2) is 0 Å². The minimum Gasteiger partial charge on any atom is -0.207 e. The number of benzene rings is 3. The third kappa shape index (κ3) is 3.02. The van der Waals surface area contributed by atoms with Gasteiger partial charge in [-0.3, -0.25) is 0 Å². The molecule has 0 aromatic heterocycles. The molecule has 0 N–H and O–H groups in total. The average molecular weight is 308 g/mol. The highest BCUT2D eigenvalue weighted by Crippen LogP contribution is 2.30. The minimum atomic E-state index is -0.204. The molecular weight excluding hydrogens is 290 g/mol. The maximum atomic E-state index is 13.8. The van der Waals surface area contributed by atoms with Crippen LogP contribution in [0.15, 0.2) is 54.6 Å². The summed E-state index contributed by atoms with van der Waals surface area (Å²) in [6.45, 7) is 5.49. The van der Waals surface area contributed by atoms with Crippen LogP contribution in [0.1, 0.15) is 16.7 Å². The minimum absolute atomic E-state index is 0.202. The SMILES string of the molecule is Cc1ccc(-c2ccc(-c3ccc(C)c(F)c3)c(C)c2)cc1F. The molecule has 3 aromatic rings. The highest BCUT2D eigenvalue weighted by molar-refractivity contribution is 5.73. The number of aryl methyl sites for hydroxylation is 3. The van der Waals surface area contributed by atoms with Crippen molar-refractivity contribution >= 4 is 0 Å². The summed E-state index contributed by atoms with van der Waals surface area (Å²) in [7, 11) is 0. The van der Waals surface area contributed by atoms with Gasteiger partial charge in [-0.2, -0.15) is 0 Å². The van der Waals surface area contributed by atoms with Gasteiger partial charge in [0.05, 0.1) is 0 Å². The van der Waals surface area contributed by atoms with Gasteiger partial charge in [0, 0.05) is 0 Å². The molecule has 0 amide bonds. The fraction of sp³-hybridized carbons (Fsp3) is 0.143. The van der Waals surface area contributed by atoms with Crippen molar-refractivity contribution in [3.63, 3.8) is 0 Å². The van der Waals surface area contributed by atoms with E-state index in [2.05, 4.69) is 0 Å². The first-order valence-electron chi connectivity index (χ1n) is 7.59. The van der Waals surface area contributed by atoms with Gasteiger partial charge >= 0.3 is 0 Å². The van der Waals surface area contributed by atoms with E-state index in [0.717, 1.165) is 27.8 Å². The molecule has 2 heteroatoms. The summed E-state index contributed by atoms with van der Waals surface area (Å²) in [6, 6.07) is 16.4. The lowest BCUT2D eigenvalue weighted by Crippen LogP contribution is -1.89. The van der Waals surface area contributed by atoms with Crippen molar-refractivity contribution in [3.8, 4) is 22.3 Å². The van der Waals surface area contributed by atoms with E-state index in [9.17, 15) is 8.78 Å². The summed E-state index contributed by atoms with van der Waals surface area (Å²) in [5.74, 6) is -0.406. The first-order valence-corrected chi connectivity index (χ1v) is 7.59. The Morgan fingerprint density at radius 3 is 1.57 bits per heavy atom. The van der Waals surface area contributed by atoms with Crippen molar-refractivity contribution < 1.29 is 8.78 Å². The zero-order chi connectivity index (χ0) is 16.6. The fourth-order valence-corrected chi connectivity index (χ4v) is 2.70. The first kappa shape index (κ1) is 15.4. The first-order chi connectivity index (χ1) is 11.0. The Balaban J connectivity index is 2.03. The molecule has 0 aliphatic rings. The molecule has 0 saturated carbocycles. The Bertz CT molecular complexity index is 879. The monoisotopic (exact) mass is 308 g/mol. The number of hydrogen-bond acceptors (Lipinski definition) is 0. The van der Waals surface area contributed by atoms with Crippen molar-refractivity contribution in [2.45, 2.75) is 20.8 Å². The molecule has 0 spiro atoms. The summed E-state index contributed by atoms with van der Waals surface area (Å²) in [4.78, 5) is 0. The van der Waals surface area contributed by atoms with Crippen molar-refractivity contribution in [2.24, 2.45) is 0 Å². The maximum absolute atomic E-state index is 13.8. The summed E-state index contributed by atoms with van der Waals surface area (Å²) in [5.41, 5.74) is 5.95. The van der Waals surface area contributed by atoms with Crippen LogP contribution >= 0.6 is 0 Å². The quantitative estimate of drug-likeness (QED) is 0.527. The Labute approximate surface area is 135 Å². The molecule has 0 fully saturated rings. The third-order valence-electron chi connectivity index (χ3n) is 4.21. The average Bonchev–Trinajstić information content (AvgIpc) is 2.53. The second kappa shape index (κ2) is 5.96. The molecule has 0 saturated heterocycles. The number of rotatable bonds is 2. The molecule has 0 unspecified atom stereocenters. The van der Waals surface area contributed by atoms with E-state index in [-0.39, 0.29) is 11.6 Å². The predicted octanol–water partition coefficient (Wildman–Crippen LogP) is 6.22. The lowest BCUT2D eigenvalue weighted by molar-refractivity contribution is 0.618. The van der Waals surface area contributed by atoms with E-state index in [0.29, 0.717) is 11.1 Å². The maximum Gasteiger partial charge on any atom is 0.126 e. The van der Waals surface area contributed by atoms with Crippen LogP contribution in [0.2, 0.25) is 0 Å². The molecule has 0 radical (unpaired) electrons. The second-order valence-electron chi connectivity index (χ2n) is 5.96. The van der Waals surface area contributed by atoms with Crippen molar-refractivity contribution in [1.82, 2.24) is 0 Å². The molecule has 23 heavy (non-hydrogen) atoms. The summed E-state index contributed by atoms with van der Waals surface area (Å²) in [5, 5.41) is 0. The molecule has 3 rings (SSSR count). The van der Waals surface area contributed by atoms with Gasteiger partial charge in [-0.15, -0.1) is 0 Å². The molecule has 0 nitrogen and oxygen atoms in total. The van der Waals surface area contributed by atoms with Gasteiger partial charge in [0.15, 0.2) is 0 Å². The zero-order valence-corrected chi connectivity index (χ0v) is 13.5. The largest absolute Gasteiger partial charge is 0.207 e. The molecule has 0 bridgehead atoms. The van der Waals surface area contributed by atoms with Gasteiger partial charge in [-0.1, -0.05) is 42.5 Å². The van der Waals surface area contributed by atoms with Gasteiger partial charge in [0.1, 0.15) is 11.6 Å². The third-order valence-corrected chi connectivity index (χ3v) is 4.21. The predicted molar refractivity (Wildman–Crippen MR) is 91.4 cm³/mol. The summed E-state index contributed by atoms with van der Waals surface area (Å²) >= 11 is 0. The molecule has 3 aromatic carbocycles. The van der Waals surface area contributed by atoms with E-state index in [1.165, 1.54) is 0 Å². The molecule has 0 aliphatic carbocycles. The van der Waals surface area contributed by atoms with Crippen molar-refractivity contribution in [3.05, 3.63) is 82.9 Å². The molecule has 0 atom stereocenters. The fourth-order valence-electron chi connectivity index (χ4n) is 2.70. The van der Waals surface area contributed by atoms with Gasteiger partial charge in [-0.05, 0) is 71.8 Å². The molecule has 0 aliphatic heterocycles. The molecule has 116 valence electrons. The van der Waals surface area contributed by atoms with Crippen molar-refractivity contribution in [1.29, 1.82) is 0 Å². The lowest BCUT2D eigenvalue weighted by atomic mass is 9.95. The van der Waals surface area contributed by atoms with Crippen LogP contribution < -0.4 is 0 Å². The van der Waals surface area contributed by atoms with Gasteiger partial charge in [0.25, 0.3) is 0 Å². The Morgan fingerprint density at radius 2 is 1.00 bits per heavy atom. The normalized spacial score (nSPS) is 10.8. The summed E-state index contributed by atoms with van der Waals surface area (Å²) in [6.07, 6.45) is 0. The van der Waals surface area contributed by atoms with Gasteiger partial charge in [-0.25, -0.2) is 8.78 Å². The van der Waals surface area contributed by atoms with E-state index < -0.39 is 0 Å². The van der Waals surface area contributed by atoms with Crippen molar-refractivity contribution in [2.75, 3.05) is 0 Å². The Hall–Kier alpha value is -2.48. The topological polar surface area (TPSA) is 0 Å². The highest BCUT2D eigenvalue weighted by Gasteiger charge is 2.08. The van der Waals surface area contributed by atoms with Crippen LogP contribution in [-0.2, 0) is 0 Å².